The van der Waals surface area contributed by atoms with Crippen LogP contribution >= 0.6 is 0 Å². The minimum Gasteiger partial charge on any atom is -0.325 e. The average Bonchev–Trinajstić information content (AvgIpc) is 2.75. The number of hydrogen-bond acceptors (Lipinski definition) is 9. The Kier molecular flexibility index (Phi) is 5.90. The highest BCUT2D eigenvalue weighted by atomic mass is 32.2. The monoisotopic (exact) mass is 448 g/mol. The normalized spacial score (nSPS) is 11.1. The highest BCUT2D eigenvalue weighted by Gasteiger charge is 2.07. The molecule has 3 aromatic heterocycles. The fourth-order valence-corrected chi connectivity index (χ4v) is 3.37. The van der Waals surface area contributed by atoms with Gasteiger partial charge in [-0.3, -0.25) is 4.72 Å². The molecular formula is C21H20N8O2S. The molecule has 0 radical (unpaired) electrons. The van der Waals surface area contributed by atoms with Crippen molar-refractivity contribution in [2.24, 2.45) is 0 Å². The van der Waals surface area contributed by atoms with E-state index >= 15 is 0 Å². The highest BCUT2D eigenvalue weighted by Crippen LogP contribution is 2.20. The van der Waals surface area contributed by atoms with Gasteiger partial charge in [-0.1, -0.05) is 6.07 Å². The topological polar surface area (TPSA) is 135 Å². The largest absolute Gasteiger partial charge is 0.325 e. The van der Waals surface area contributed by atoms with Gasteiger partial charge in [-0.2, -0.15) is 4.98 Å². The Morgan fingerprint density at radius 3 is 2.16 bits per heavy atom. The number of aryl methyl sites for hydroxylation is 1. The van der Waals surface area contributed by atoms with Crippen LogP contribution in [0.3, 0.4) is 0 Å². The van der Waals surface area contributed by atoms with Gasteiger partial charge >= 0.3 is 0 Å². The molecule has 10 nitrogen and oxygen atoms in total. The molecule has 32 heavy (non-hydrogen) atoms. The third kappa shape index (κ3) is 5.73. The number of nitrogens with one attached hydrogen (secondary N) is 3. The van der Waals surface area contributed by atoms with Gasteiger partial charge in [0, 0.05) is 29.5 Å². The van der Waals surface area contributed by atoms with E-state index in [0.717, 1.165) is 11.9 Å². The van der Waals surface area contributed by atoms with Crippen molar-refractivity contribution >= 4 is 39.0 Å². The van der Waals surface area contributed by atoms with E-state index in [9.17, 15) is 8.42 Å². The molecule has 0 fully saturated rings. The van der Waals surface area contributed by atoms with Gasteiger partial charge in [-0.25, -0.2) is 28.4 Å². The Labute approximate surface area is 185 Å². The number of pyridine rings is 1. The minimum atomic E-state index is -3.33. The highest BCUT2D eigenvalue weighted by molar-refractivity contribution is 7.92. The molecule has 4 aromatic rings. The summed E-state index contributed by atoms with van der Waals surface area (Å²) in [6.45, 7) is 1.91. The molecule has 0 amide bonds. The molecule has 0 saturated heterocycles. The number of hydrogen-bond donors (Lipinski definition) is 3. The van der Waals surface area contributed by atoms with Gasteiger partial charge in [0.1, 0.15) is 17.3 Å². The molecule has 0 atom stereocenters. The van der Waals surface area contributed by atoms with Crippen molar-refractivity contribution in [3.05, 3.63) is 72.7 Å². The molecule has 162 valence electrons. The summed E-state index contributed by atoms with van der Waals surface area (Å²) >= 11 is 0. The number of nitrogens with zero attached hydrogens (tertiary/aromatic N) is 5. The Balaban J connectivity index is 1.47. The SMILES string of the molecule is Cc1cccc(-c2nccc(Nc3ccnc(Nc4ccc(NS(C)(=O)=O)cc4)n3)n2)n1. The number of sulfonamides is 1. The van der Waals surface area contributed by atoms with Crippen LogP contribution in [-0.4, -0.2) is 39.6 Å². The maximum atomic E-state index is 11.3. The van der Waals surface area contributed by atoms with Crippen molar-refractivity contribution in [3.63, 3.8) is 0 Å². The lowest BCUT2D eigenvalue weighted by atomic mass is 10.3. The van der Waals surface area contributed by atoms with Crippen LogP contribution in [0.4, 0.5) is 29.0 Å². The quantitative estimate of drug-likeness (QED) is 0.388. The first kappa shape index (κ1) is 21.1. The number of benzene rings is 1. The van der Waals surface area contributed by atoms with Crippen LogP contribution in [0, 0.1) is 6.92 Å². The maximum Gasteiger partial charge on any atom is 0.229 e. The summed E-state index contributed by atoms with van der Waals surface area (Å²) < 4.78 is 25.0. The predicted molar refractivity (Wildman–Crippen MR) is 124 cm³/mol. The molecule has 3 N–H and O–H groups in total. The fourth-order valence-electron chi connectivity index (χ4n) is 2.80. The Hall–Kier alpha value is -4.12. The van der Waals surface area contributed by atoms with Crippen LogP contribution in [-0.2, 0) is 10.0 Å². The maximum absolute atomic E-state index is 11.3. The first-order valence-electron chi connectivity index (χ1n) is 9.56. The smallest absolute Gasteiger partial charge is 0.229 e. The number of rotatable bonds is 7. The molecule has 0 saturated carbocycles. The van der Waals surface area contributed by atoms with Crippen molar-refractivity contribution in [1.29, 1.82) is 0 Å². The first-order valence-corrected chi connectivity index (χ1v) is 11.5. The van der Waals surface area contributed by atoms with Gasteiger partial charge in [0.05, 0.1) is 6.26 Å². The van der Waals surface area contributed by atoms with Crippen molar-refractivity contribution < 1.29 is 8.42 Å². The molecule has 0 unspecified atom stereocenters. The molecule has 0 spiro atoms. The molecule has 0 aliphatic carbocycles. The molecular weight excluding hydrogens is 428 g/mol. The standard InChI is InChI=1S/C21H20N8O2S/c1-14-4-3-5-17(24-14)20-22-12-10-18(27-20)26-19-11-13-23-21(28-19)25-15-6-8-16(9-7-15)29-32(2,30)31/h3-13,29H,1-2H3,(H2,22,23,25,26,27,28). The Morgan fingerprint density at radius 1 is 0.750 bits per heavy atom. The van der Waals surface area contributed by atoms with Crippen LogP contribution in [0.25, 0.3) is 11.5 Å². The molecule has 0 bridgehead atoms. The third-order valence-electron chi connectivity index (χ3n) is 4.13. The van der Waals surface area contributed by atoms with E-state index in [0.29, 0.717) is 40.5 Å². The lowest BCUT2D eigenvalue weighted by molar-refractivity contribution is 0.607. The second-order valence-electron chi connectivity index (χ2n) is 6.90. The molecule has 0 aliphatic rings. The molecule has 0 aliphatic heterocycles. The zero-order valence-electron chi connectivity index (χ0n) is 17.3. The summed E-state index contributed by atoms with van der Waals surface area (Å²) in [6, 6.07) is 15.9. The number of anilines is 5. The van der Waals surface area contributed by atoms with E-state index in [2.05, 4.69) is 40.3 Å². The van der Waals surface area contributed by atoms with Crippen LogP contribution in [0.2, 0.25) is 0 Å². The van der Waals surface area contributed by atoms with Gasteiger partial charge < -0.3 is 10.6 Å². The lowest BCUT2D eigenvalue weighted by Crippen LogP contribution is -2.09. The second kappa shape index (κ2) is 8.94. The van der Waals surface area contributed by atoms with Crippen LogP contribution < -0.4 is 15.4 Å². The molecule has 4 rings (SSSR count). The van der Waals surface area contributed by atoms with E-state index in [-0.39, 0.29) is 0 Å². The van der Waals surface area contributed by atoms with E-state index in [4.69, 9.17) is 0 Å². The summed E-state index contributed by atoms with van der Waals surface area (Å²) in [5.74, 6) is 1.99. The summed E-state index contributed by atoms with van der Waals surface area (Å²) in [6.07, 6.45) is 4.37. The van der Waals surface area contributed by atoms with Crippen molar-refractivity contribution in [1.82, 2.24) is 24.9 Å². The first-order chi connectivity index (χ1) is 15.3. The second-order valence-corrected chi connectivity index (χ2v) is 8.65. The lowest BCUT2D eigenvalue weighted by Gasteiger charge is -2.09. The summed E-state index contributed by atoms with van der Waals surface area (Å²) in [7, 11) is -3.33. The average molecular weight is 449 g/mol. The van der Waals surface area contributed by atoms with Gasteiger partial charge in [0.15, 0.2) is 5.82 Å². The molecule has 11 heteroatoms. The van der Waals surface area contributed by atoms with E-state index < -0.39 is 10.0 Å². The molecule has 1 aromatic carbocycles. The van der Waals surface area contributed by atoms with Crippen LogP contribution in [0.15, 0.2) is 67.0 Å². The minimum absolute atomic E-state index is 0.369. The van der Waals surface area contributed by atoms with Gasteiger partial charge in [0.2, 0.25) is 16.0 Å². The summed E-state index contributed by atoms with van der Waals surface area (Å²) in [5, 5.41) is 6.22. The Bertz CT molecular complexity index is 1340. The summed E-state index contributed by atoms with van der Waals surface area (Å²) in [5.41, 5.74) is 2.75. The number of aromatic nitrogens is 5. The van der Waals surface area contributed by atoms with E-state index in [1.54, 1.807) is 48.8 Å². The zero-order valence-corrected chi connectivity index (χ0v) is 18.1. The van der Waals surface area contributed by atoms with Gasteiger partial charge in [-0.05, 0) is 55.5 Å². The van der Waals surface area contributed by atoms with E-state index in [1.807, 2.05) is 25.1 Å². The molecule has 3 heterocycles. The van der Waals surface area contributed by atoms with Crippen molar-refractivity contribution in [2.75, 3.05) is 21.6 Å². The summed E-state index contributed by atoms with van der Waals surface area (Å²) in [4.78, 5) is 21.9. The van der Waals surface area contributed by atoms with Gasteiger partial charge in [-0.15, -0.1) is 0 Å². The fraction of sp³-hybridized carbons (Fsp3) is 0.0952. The predicted octanol–water partition coefficient (Wildman–Crippen LogP) is 3.50. The Morgan fingerprint density at radius 2 is 1.44 bits per heavy atom. The van der Waals surface area contributed by atoms with Crippen molar-refractivity contribution in [3.8, 4) is 11.5 Å². The van der Waals surface area contributed by atoms with Crippen LogP contribution in [0.1, 0.15) is 5.69 Å². The van der Waals surface area contributed by atoms with Gasteiger partial charge in [0.25, 0.3) is 0 Å². The van der Waals surface area contributed by atoms with E-state index in [1.165, 1.54) is 0 Å². The van der Waals surface area contributed by atoms with Crippen LogP contribution in [0.5, 0.6) is 0 Å². The van der Waals surface area contributed by atoms with Crippen molar-refractivity contribution in [2.45, 2.75) is 6.92 Å². The third-order valence-corrected chi connectivity index (χ3v) is 4.74. The zero-order chi connectivity index (χ0) is 22.6.